The SMILES string of the molecule is CNC(=O)c1cccc(NC(=O)c2cccc(OCc3cn4cc(C)ccc4n3)c2)c1. The third-order valence-electron chi connectivity index (χ3n) is 4.74. The number of hydrogen-bond donors (Lipinski definition) is 2. The van der Waals surface area contributed by atoms with Crippen molar-refractivity contribution in [1.82, 2.24) is 14.7 Å². The largest absolute Gasteiger partial charge is 0.487 e. The number of carbonyl (C=O) groups excluding carboxylic acids is 2. The molecule has 0 saturated heterocycles. The van der Waals surface area contributed by atoms with Gasteiger partial charge in [0, 0.05) is 36.3 Å². The summed E-state index contributed by atoms with van der Waals surface area (Å²) in [7, 11) is 1.56. The zero-order valence-electron chi connectivity index (χ0n) is 17.3. The van der Waals surface area contributed by atoms with E-state index in [1.54, 1.807) is 55.6 Å². The minimum Gasteiger partial charge on any atom is -0.487 e. The number of anilines is 1. The number of nitrogens with zero attached hydrogens (tertiary/aromatic N) is 2. The normalized spacial score (nSPS) is 10.6. The molecule has 0 bridgehead atoms. The third-order valence-corrected chi connectivity index (χ3v) is 4.74. The number of benzene rings is 2. The van der Waals surface area contributed by atoms with Crippen LogP contribution in [0.3, 0.4) is 0 Å². The molecular weight excluding hydrogens is 392 g/mol. The molecule has 0 fully saturated rings. The quantitative estimate of drug-likeness (QED) is 0.502. The molecule has 7 nitrogen and oxygen atoms in total. The number of rotatable bonds is 6. The fourth-order valence-electron chi connectivity index (χ4n) is 3.20. The van der Waals surface area contributed by atoms with E-state index in [-0.39, 0.29) is 11.8 Å². The first-order chi connectivity index (χ1) is 15.0. The Bertz CT molecular complexity index is 1260. The molecule has 4 rings (SSSR count). The first kappa shape index (κ1) is 20.2. The van der Waals surface area contributed by atoms with Crippen molar-refractivity contribution < 1.29 is 14.3 Å². The van der Waals surface area contributed by atoms with Gasteiger partial charge in [-0.1, -0.05) is 18.2 Å². The van der Waals surface area contributed by atoms with Crippen molar-refractivity contribution in [1.29, 1.82) is 0 Å². The van der Waals surface area contributed by atoms with E-state index in [4.69, 9.17) is 4.74 Å². The van der Waals surface area contributed by atoms with Crippen LogP contribution in [0.1, 0.15) is 32.0 Å². The molecule has 0 unspecified atom stereocenters. The minimum atomic E-state index is -0.289. The van der Waals surface area contributed by atoms with E-state index in [0.29, 0.717) is 29.2 Å². The Morgan fingerprint density at radius 3 is 2.55 bits per heavy atom. The van der Waals surface area contributed by atoms with Gasteiger partial charge < -0.3 is 19.8 Å². The molecule has 0 saturated carbocycles. The number of carbonyl (C=O) groups is 2. The van der Waals surface area contributed by atoms with Crippen molar-refractivity contribution in [3.63, 3.8) is 0 Å². The standard InChI is InChI=1S/C24H22N4O3/c1-16-9-10-22-26-20(14-28(22)13-16)15-31-21-8-4-6-18(12-21)24(30)27-19-7-3-5-17(11-19)23(29)25-2/h3-14H,15H2,1-2H3,(H,25,29)(H,27,30). The maximum atomic E-state index is 12.7. The van der Waals surface area contributed by atoms with Crippen LogP contribution in [-0.2, 0) is 6.61 Å². The van der Waals surface area contributed by atoms with Crippen molar-refractivity contribution >= 4 is 23.1 Å². The molecule has 2 amide bonds. The van der Waals surface area contributed by atoms with Crippen LogP contribution in [0.4, 0.5) is 5.69 Å². The van der Waals surface area contributed by atoms with Crippen molar-refractivity contribution in [2.24, 2.45) is 0 Å². The predicted octanol–water partition coefficient (Wildman–Crippen LogP) is 3.83. The van der Waals surface area contributed by atoms with Gasteiger partial charge in [0.25, 0.3) is 11.8 Å². The summed E-state index contributed by atoms with van der Waals surface area (Å²) in [5.74, 6) is 0.0660. The third kappa shape index (κ3) is 4.72. The number of amides is 2. The summed E-state index contributed by atoms with van der Waals surface area (Å²) in [6.45, 7) is 2.32. The van der Waals surface area contributed by atoms with Gasteiger partial charge in [-0.3, -0.25) is 9.59 Å². The van der Waals surface area contributed by atoms with Gasteiger partial charge in [-0.05, 0) is 55.0 Å². The van der Waals surface area contributed by atoms with E-state index in [2.05, 4.69) is 15.6 Å². The highest BCUT2D eigenvalue weighted by Gasteiger charge is 2.10. The van der Waals surface area contributed by atoms with Gasteiger partial charge in [0.05, 0.1) is 5.69 Å². The lowest BCUT2D eigenvalue weighted by atomic mass is 10.1. The van der Waals surface area contributed by atoms with E-state index in [0.717, 1.165) is 16.9 Å². The van der Waals surface area contributed by atoms with Crippen LogP contribution in [-0.4, -0.2) is 28.2 Å². The fraction of sp³-hybridized carbons (Fsp3) is 0.125. The van der Waals surface area contributed by atoms with E-state index < -0.39 is 0 Å². The number of pyridine rings is 1. The molecule has 2 heterocycles. The predicted molar refractivity (Wildman–Crippen MR) is 118 cm³/mol. The summed E-state index contributed by atoms with van der Waals surface area (Å²) in [4.78, 5) is 29.0. The van der Waals surface area contributed by atoms with Gasteiger partial charge in [0.15, 0.2) is 0 Å². The second-order valence-electron chi connectivity index (χ2n) is 7.13. The number of aromatic nitrogens is 2. The molecule has 2 aromatic heterocycles. The zero-order valence-corrected chi connectivity index (χ0v) is 17.3. The molecule has 2 N–H and O–H groups in total. The van der Waals surface area contributed by atoms with Crippen LogP contribution >= 0.6 is 0 Å². The van der Waals surface area contributed by atoms with Crippen molar-refractivity contribution in [3.05, 3.63) is 95.4 Å². The van der Waals surface area contributed by atoms with Gasteiger partial charge in [0.2, 0.25) is 0 Å². The lowest BCUT2D eigenvalue weighted by Gasteiger charge is -2.09. The van der Waals surface area contributed by atoms with Crippen LogP contribution in [0.15, 0.2) is 73.1 Å². The molecule has 0 radical (unpaired) electrons. The molecule has 31 heavy (non-hydrogen) atoms. The van der Waals surface area contributed by atoms with E-state index in [1.165, 1.54) is 0 Å². The van der Waals surface area contributed by atoms with Crippen LogP contribution in [0.25, 0.3) is 5.65 Å². The Morgan fingerprint density at radius 2 is 1.74 bits per heavy atom. The first-order valence-electron chi connectivity index (χ1n) is 9.82. The van der Waals surface area contributed by atoms with Crippen molar-refractivity contribution in [3.8, 4) is 5.75 Å². The summed E-state index contributed by atoms with van der Waals surface area (Å²) < 4.78 is 7.81. The Labute approximate surface area is 179 Å². The van der Waals surface area contributed by atoms with Crippen molar-refractivity contribution in [2.45, 2.75) is 13.5 Å². The summed E-state index contributed by atoms with van der Waals surface area (Å²) >= 11 is 0. The topological polar surface area (TPSA) is 84.7 Å². The Kier molecular flexibility index (Phi) is 5.66. The number of hydrogen-bond acceptors (Lipinski definition) is 4. The molecule has 0 aliphatic heterocycles. The van der Waals surface area contributed by atoms with Crippen LogP contribution in [0.2, 0.25) is 0 Å². The maximum Gasteiger partial charge on any atom is 0.255 e. The number of fused-ring (bicyclic) bond motifs is 1. The Morgan fingerprint density at radius 1 is 0.968 bits per heavy atom. The lowest BCUT2D eigenvalue weighted by Crippen LogP contribution is -2.18. The monoisotopic (exact) mass is 414 g/mol. The molecule has 0 aliphatic rings. The molecule has 4 aromatic rings. The molecule has 0 atom stereocenters. The van der Waals surface area contributed by atoms with E-state index >= 15 is 0 Å². The van der Waals surface area contributed by atoms with Gasteiger partial charge in [0.1, 0.15) is 18.0 Å². The molecule has 2 aromatic carbocycles. The summed E-state index contributed by atoms with van der Waals surface area (Å²) in [6, 6.07) is 17.7. The Hall–Kier alpha value is -4.13. The zero-order chi connectivity index (χ0) is 21.8. The average Bonchev–Trinajstić information content (AvgIpc) is 3.19. The highest BCUT2D eigenvalue weighted by Crippen LogP contribution is 2.18. The number of nitrogens with one attached hydrogen (secondary N) is 2. The molecule has 0 spiro atoms. The molecular formula is C24H22N4O3. The van der Waals surface area contributed by atoms with Gasteiger partial charge >= 0.3 is 0 Å². The van der Waals surface area contributed by atoms with E-state index in [9.17, 15) is 9.59 Å². The van der Waals surface area contributed by atoms with Crippen LogP contribution in [0.5, 0.6) is 5.75 Å². The number of ether oxygens (including phenoxy) is 1. The minimum absolute atomic E-state index is 0.214. The lowest BCUT2D eigenvalue weighted by molar-refractivity contribution is 0.0961. The number of imidazole rings is 1. The first-order valence-corrected chi connectivity index (χ1v) is 9.82. The van der Waals surface area contributed by atoms with Gasteiger partial charge in [-0.25, -0.2) is 4.98 Å². The average molecular weight is 414 g/mol. The van der Waals surface area contributed by atoms with Crippen LogP contribution in [0, 0.1) is 6.92 Å². The second-order valence-corrected chi connectivity index (χ2v) is 7.13. The number of aryl methyl sites for hydroxylation is 1. The highest BCUT2D eigenvalue weighted by atomic mass is 16.5. The molecule has 0 aliphatic carbocycles. The fourth-order valence-corrected chi connectivity index (χ4v) is 3.20. The summed E-state index contributed by atoms with van der Waals surface area (Å²) in [5.41, 5.74) is 4.27. The van der Waals surface area contributed by atoms with Gasteiger partial charge in [-0.2, -0.15) is 0 Å². The highest BCUT2D eigenvalue weighted by molar-refractivity contribution is 6.05. The molecule has 7 heteroatoms. The molecule has 156 valence electrons. The second kappa shape index (κ2) is 8.71. The summed E-state index contributed by atoms with van der Waals surface area (Å²) in [6.07, 6.45) is 3.94. The van der Waals surface area contributed by atoms with Crippen molar-refractivity contribution in [2.75, 3.05) is 12.4 Å². The summed E-state index contributed by atoms with van der Waals surface area (Å²) in [5, 5.41) is 5.38. The Balaban J connectivity index is 1.43. The van der Waals surface area contributed by atoms with E-state index in [1.807, 2.05) is 35.9 Å². The smallest absolute Gasteiger partial charge is 0.255 e. The van der Waals surface area contributed by atoms with Gasteiger partial charge in [-0.15, -0.1) is 0 Å². The maximum absolute atomic E-state index is 12.7. The van der Waals surface area contributed by atoms with Crippen LogP contribution < -0.4 is 15.4 Å².